The molecule has 3 rings (SSSR count). The highest BCUT2D eigenvalue weighted by atomic mass is 35.5. The van der Waals surface area contributed by atoms with Gasteiger partial charge in [-0.1, -0.05) is 54.5 Å². The first-order valence-electron chi connectivity index (χ1n) is 9.49. The van der Waals surface area contributed by atoms with Gasteiger partial charge < -0.3 is 0 Å². The van der Waals surface area contributed by atoms with Crippen LogP contribution in [0.5, 0.6) is 0 Å². The maximum Gasteiger partial charge on any atom is 0.257 e. The highest BCUT2D eigenvalue weighted by Gasteiger charge is 2.28. The molecule has 2 aromatic rings. The van der Waals surface area contributed by atoms with Crippen LogP contribution in [0.2, 0.25) is 5.02 Å². The molecule has 0 spiro atoms. The minimum atomic E-state index is -3.76. The van der Waals surface area contributed by atoms with Gasteiger partial charge in [0.15, 0.2) is 4.34 Å². The number of amides is 1. The average Bonchev–Trinajstić information content (AvgIpc) is 2.96. The summed E-state index contributed by atoms with van der Waals surface area (Å²) in [7, 11) is -3.76. The lowest BCUT2D eigenvalue weighted by Gasteiger charge is -2.21. The summed E-state index contributed by atoms with van der Waals surface area (Å²) in [5.74, 6) is 0.481. The van der Waals surface area contributed by atoms with Crippen LogP contribution in [0.25, 0.3) is 0 Å². The van der Waals surface area contributed by atoms with Gasteiger partial charge in [0.2, 0.25) is 15.2 Å². The van der Waals surface area contributed by atoms with E-state index < -0.39 is 15.9 Å². The molecule has 1 fully saturated rings. The lowest BCUT2D eigenvalue weighted by molar-refractivity contribution is 0.102. The number of hydrogen-bond donors (Lipinski definition) is 1. The summed E-state index contributed by atoms with van der Waals surface area (Å²) < 4.78 is 28.4. The Bertz CT molecular complexity index is 957. The van der Waals surface area contributed by atoms with Crippen molar-refractivity contribution in [3.63, 3.8) is 0 Å². The minimum Gasteiger partial charge on any atom is -0.296 e. The van der Waals surface area contributed by atoms with Gasteiger partial charge in [-0.25, -0.2) is 8.42 Å². The first-order chi connectivity index (χ1) is 13.9. The van der Waals surface area contributed by atoms with E-state index in [0.29, 0.717) is 18.2 Å². The molecule has 0 radical (unpaired) electrons. The van der Waals surface area contributed by atoms with Crippen LogP contribution in [0.15, 0.2) is 27.4 Å². The van der Waals surface area contributed by atoms with E-state index in [1.165, 1.54) is 33.8 Å². The number of anilines is 1. The van der Waals surface area contributed by atoms with Gasteiger partial charge in [-0.15, -0.1) is 10.2 Å². The molecule has 0 bridgehead atoms. The Kier molecular flexibility index (Phi) is 7.92. The van der Waals surface area contributed by atoms with Crippen molar-refractivity contribution in [1.82, 2.24) is 14.5 Å². The van der Waals surface area contributed by atoms with E-state index in [2.05, 4.69) is 22.4 Å². The predicted octanol–water partition coefficient (Wildman–Crippen LogP) is 4.51. The van der Waals surface area contributed by atoms with Crippen LogP contribution in [0.3, 0.4) is 0 Å². The molecule has 29 heavy (non-hydrogen) atoms. The molecular formula is C18H23ClN4O3S3. The lowest BCUT2D eigenvalue weighted by atomic mass is 10.2. The van der Waals surface area contributed by atoms with E-state index in [1.807, 2.05) is 0 Å². The SMILES string of the molecule is CCCSc1nnc(NC(=O)c2ccc(Cl)c(S(=O)(=O)N3CCCCCC3)c2)s1. The monoisotopic (exact) mass is 474 g/mol. The molecule has 1 saturated heterocycles. The molecule has 0 aliphatic carbocycles. The fourth-order valence-corrected chi connectivity index (χ4v) is 6.63. The third-order valence-corrected chi connectivity index (χ3v) is 8.99. The summed E-state index contributed by atoms with van der Waals surface area (Å²) in [5, 5.41) is 11.2. The molecule has 0 atom stereocenters. The average molecular weight is 475 g/mol. The Morgan fingerprint density at radius 2 is 1.97 bits per heavy atom. The fourth-order valence-electron chi connectivity index (χ4n) is 2.94. The molecule has 158 valence electrons. The number of thioether (sulfide) groups is 1. The molecule has 11 heteroatoms. The Labute approximate surface area is 184 Å². The first kappa shape index (κ1) is 22.5. The number of nitrogens with one attached hydrogen (secondary N) is 1. The zero-order valence-electron chi connectivity index (χ0n) is 16.1. The number of halogens is 1. The molecular weight excluding hydrogens is 452 g/mol. The van der Waals surface area contributed by atoms with Crippen LogP contribution >= 0.6 is 34.7 Å². The minimum absolute atomic E-state index is 0.0369. The number of hydrogen-bond acceptors (Lipinski definition) is 7. The van der Waals surface area contributed by atoms with Gasteiger partial charge in [-0.05, 0) is 37.5 Å². The lowest BCUT2D eigenvalue weighted by Crippen LogP contribution is -2.32. The van der Waals surface area contributed by atoms with E-state index in [4.69, 9.17) is 11.6 Å². The highest BCUT2D eigenvalue weighted by Crippen LogP contribution is 2.29. The van der Waals surface area contributed by atoms with E-state index in [0.717, 1.165) is 42.2 Å². The number of sulfonamides is 1. The first-order valence-corrected chi connectivity index (χ1v) is 13.1. The highest BCUT2D eigenvalue weighted by molar-refractivity contribution is 8.01. The smallest absolute Gasteiger partial charge is 0.257 e. The van der Waals surface area contributed by atoms with Crippen molar-refractivity contribution in [3.8, 4) is 0 Å². The Hall–Kier alpha value is -1.20. The molecule has 1 aliphatic heterocycles. The van der Waals surface area contributed by atoms with Crippen LogP contribution in [0.4, 0.5) is 5.13 Å². The summed E-state index contributed by atoms with van der Waals surface area (Å²) in [6.07, 6.45) is 4.70. The van der Waals surface area contributed by atoms with Gasteiger partial charge in [-0.3, -0.25) is 10.1 Å². The van der Waals surface area contributed by atoms with Crippen molar-refractivity contribution in [1.29, 1.82) is 0 Å². The fraction of sp³-hybridized carbons (Fsp3) is 0.500. The van der Waals surface area contributed by atoms with Crippen LogP contribution in [-0.4, -0.2) is 47.7 Å². The summed E-state index contributed by atoms with van der Waals surface area (Å²) in [6.45, 7) is 3.02. The second-order valence-electron chi connectivity index (χ2n) is 6.64. The van der Waals surface area contributed by atoms with Crippen LogP contribution in [-0.2, 0) is 10.0 Å². The second-order valence-corrected chi connectivity index (χ2v) is 11.3. The third kappa shape index (κ3) is 5.69. The van der Waals surface area contributed by atoms with E-state index >= 15 is 0 Å². The molecule has 1 aliphatic rings. The quantitative estimate of drug-likeness (QED) is 0.468. The molecule has 1 amide bonds. The van der Waals surface area contributed by atoms with Crippen LogP contribution in [0.1, 0.15) is 49.4 Å². The van der Waals surface area contributed by atoms with E-state index in [-0.39, 0.29) is 15.5 Å². The van der Waals surface area contributed by atoms with E-state index in [1.54, 1.807) is 11.8 Å². The molecule has 7 nitrogen and oxygen atoms in total. The van der Waals surface area contributed by atoms with Gasteiger partial charge in [0.1, 0.15) is 4.90 Å². The van der Waals surface area contributed by atoms with Crippen molar-refractivity contribution in [2.45, 2.75) is 48.3 Å². The summed E-state index contributed by atoms with van der Waals surface area (Å²) >= 11 is 9.07. The summed E-state index contributed by atoms with van der Waals surface area (Å²) in [4.78, 5) is 12.6. The van der Waals surface area contributed by atoms with Crippen molar-refractivity contribution in [2.24, 2.45) is 0 Å². The number of nitrogens with zero attached hydrogens (tertiary/aromatic N) is 3. The molecule has 2 heterocycles. The van der Waals surface area contributed by atoms with Gasteiger partial charge >= 0.3 is 0 Å². The number of carbonyl (C=O) groups excluding carboxylic acids is 1. The van der Waals surface area contributed by atoms with Crippen LogP contribution in [0, 0.1) is 0 Å². The maximum absolute atomic E-state index is 13.1. The van der Waals surface area contributed by atoms with Crippen molar-refractivity contribution in [2.75, 3.05) is 24.2 Å². The number of benzene rings is 1. The summed E-state index contributed by atoms with van der Waals surface area (Å²) in [6, 6.07) is 4.29. The molecule has 1 N–H and O–H groups in total. The normalized spacial score (nSPS) is 15.8. The van der Waals surface area contributed by atoms with E-state index in [9.17, 15) is 13.2 Å². The Morgan fingerprint density at radius 3 is 2.66 bits per heavy atom. The van der Waals surface area contributed by atoms with Gasteiger partial charge in [-0.2, -0.15) is 4.31 Å². The van der Waals surface area contributed by atoms with Crippen LogP contribution < -0.4 is 5.32 Å². The Balaban J connectivity index is 1.79. The largest absolute Gasteiger partial charge is 0.296 e. The van der Waals surface area contributed by atoms with Gasteiger partial charge in [0, 0.05) is 24.4 Å². The van der Waals surface area contributed by atoms with Gasteiger partial charge in [0.05, 0.1) is 5.02 Å². The zero-order valence-corrected chi connectivity index (χ0v) is 19.3. The topological polar surface area (TPSA) is 92.3 Å². The Morgan fingerprint density at radius 1 is 1.24 bits per heavy atom. The number of aromatic nitrogens is 2. The third-order valence-electron chi connectivity index (χ3n) is 4.43. The summed E-state index contributed by atoms with van der Waals surface area (Å²) in [5.41, 5.74) is 0.209. The molecule has 1 aromatic carbocycles. The number of carbonyl (C=O) groups is 1. The molecule has 1 aromatic heterocycles. The van der Waals surface area contributed by atoms with Crippen molar-refractivity contribution < 1.29 is 13.2 Å². The number of rotatable bonds is 7. The predicted molar refractivity (Wildman–Crippen MR) is 118 cm³/mol. The second kappa shape index (κ2) is 10.2. The molecule has 0 unspecified atom stereocenters. The zero-order chi connectivity index (χ0) is 20.9. The van der Waals surface area contributed by atoms with Crippen molar-refractivity contribution in [3.05, 3.63) is 28.8 Å². The maximum atomic E-state index is 13.1. The molecule has 0 saturated carbocycles. The van der Waals surface area contributed by atoms with Gasteiger partial charge in [0.25, 0.3) is 5.91 Å². The standard InChI is InChI=1S/C18H23ClN4O3S3/c1-2-11-27-18-22-21-17(28-18)20-16(24)13-7-8-14(19)15(12-13)29(25,26)23-9-5-3-4-6-10-23/h7-8,12H,2-6,9-11H2,1H3,(H,20,21,24). The van der Waals surface area contributed by atoms with Crippen molar-refractivity contribution >= 4 is 55.8 Å².